The van der Waals surface area contributed by atoms with Gasteiger partial charge in [0.25, 0.3) is 0 Å². The Hall–Kier alpha value is -2.66. The average molecular weight is 265 g/mol. The largest absolute Gasteiger partial charge is 0.370 e. The van der Waals surface area contributed by atoms with Crippen molar-refractivity contribution in [3.8, 4) is 11.3 Å². The molecule has 0 saturated heterocycles. The van der Waals surface area contributed by atoms with Gasteiger partial charge in [-0.15, -0.1) is 0 Å². The number of nitrogens with one attached hydrogen (secondary N) is 1. The molecule has 100 valence electrons. The summed E-state index contributed by atoms with van der Waals surface area (Å²) in [6, 6.07) is 13.6. The van der Waals surface area contributed by atoms with E-state index >= 15 is 0 Å². The molecule has 5 heteroatoms. The molecule has 0 radical (unpaired) electrons. The van der Waals surface area contributed by atoms with Crippen LogP contribution in [0.5, 0.6) is 0 Å². The highest BCUT2D eigenvalue weighted by atomic mass is 15.2. The summed E-state index contributed by atoms with van der Waals surface area (Å²) in [6.45, 7) is 0. The minimum atomic E-state index is -0.983. The van der Waals surface area contributed by atoms with Crippen molar-refractivity contribution in [1.82, 2.24) is 10.3 Å². The van der Waals surface area contributed by atoms with Crippen molar-refractivity contribution < 1.29 is 0 Å². The summed E-state index contributed by atoms with van der Waals surface area (Å²) in [5.41, 5.74) is 13.8. The highest BCUT2D eigenvalue weighted by Crippen LogP contribution is 2.31. The van der Waals surface area contributed by atoms with Gasteiger partial charge >= 0.3 is 0 Å². The predicted octanol–water partition coefficient (Wildman–Crippen LogP) is 1.29. The summed E-state index contributed by atoms with van der Waals surface area (Å²) >= 11 is 0. The second-order valence-corrected chi connectivity index (χ2v) is 4.56. The molecule has 0 amide bonds. The van der Waals surface area contributed by atoms with E-state index < -0.39 is 5.66 Å². The molecule has 1 aromatic heterocycles. The zero-order chi connectivity index (χ0) is 14.0. The lowest BCUT2D eigenvalue weighted by Gasteiger charge is -2.27. The lowest BCUT2D eigenvalue weighted by molar-refractivity contribution is 0.582. The fraction of sp³-hybridized carbons (Fsp3) is 0.0667. The Morgan fingerprint density at radius 3 is 2.60 bits per heavy atom. The van der Waals surface area contributed by atoms with E-state index in [0.717, 1.165) is 16.8 Å². The Morgan fingerprint density at radius 2 is 1.85 bits per heavy atom. The molecule has 0 fully saturated rings. The Bertz CT molecular complexity index is 678. The van der Waals surface area contributed by atoms with Crippen LogP contribution in [-0.4, -0.2) is 10.9 Å². The molecule has 1 atom stereocenters. The van der Waals surface area contributed by atoms with Crippen molar-refractivity contribution in [2.24, 2.45) is 16.5 Å². The molecule has 2 aromatic rings. The van der Waals surface area contributed by atoms with Crippen molar-refractivity contribution in [3.05, 3.63) is 66.5 Å². The van der Waals surface area contributed by atoms with Crippen LogP contribution in [0.3, 0.4) is 0 Å². The second kappa shape index (κ2) is 4.79. The van der Waals surface area contributed by atoms with E-state index in [9.17, 15) is 0 Å². The summed E-state index contributed by atoms with van der Waals surface area (Å²) in [7, 11) is 0. The molecule has 20 heavy (non-hydrogen) atoms. The van der Waals surface area contributed by atoms with Gasteiger partial charge in [-0.05, 0) is 18.2 Å². The van der Waals surface area contributed by atoms with Gasteiger partial charge < -0.3 is 11.1 Å². The number of guanidine groups is 1. The number of pyridine rings is 1. The van der Waals surface area contributed by atoms with Gasteiger partial charge in [0, 0.05) is 23.5 Å². The maximum absolute atomic E-state index is 6.39. The SMILES string of the molecule is NC1=NC(N)(c2ccccc2-c2ccccn2)C=CN1. The van der Waals surface area contributed by atoms with Crippen LogP contribution in [0, 0.1) is 0 Å². The van der Waals surface area contributed by atoms with Crippen LogP contribution in [-0.2, 0) is 5.66 Å². The lowest BCUT2D eigenvalue weighted by Crippen LogP contribution is -2.42. The van der Waals surface area contributed by atoms with Crippen LogP contribution in [0.4, 0.5) is 0 Å². The molecular weight excluding hydrogens is 250 g/mol. The third-order valence-corrected chi connectivity index (χ3v) is 3.17. The summed E-state index contributed by atoms with van der Waals surface area (Å²) in [5, 5.41) is 2.82. The highest BCUT2D eigenvalue weighted by Gasteiger charge is 2.29. The van der Waals surface area contributed by atoms with Crippen LogP contribution in [0.1, 0.15) is 5.56 Å². The van der Waals surface area contributed by atoms with Gasteiger partial charge in [0.05, 0.1) is 5.69 Å². The monoisotopic (exact) mass is 265 g/mol. The molecule has 5 nitrogen and oxygen atoms in total. The fourth-order valence-electron chi connectivity index (χ4n) is 2.25. The van der Waals surface area contributed by atoms with E-state index in [2.05, 4.69) is 15.3 Å². The van der Waals surface area contributed by atoms with Crippen LogP contribution in [0.25, 0.3) is 11.3 Å². The first kappa shape index (κ1) is 12.4. The van der Waals surface area contributed by atoms with Gasteiger partial charge in [-0.25, -0.2) is 4.99 Å². The van der Waals surface area contributed by atoms with E-state index in [-0.39, 0.29) is 0 Å². The molecule has 1 aliphatic rings. The van der Waals surface area contributed by atoms with Crippen molar-refractivity contribution in [2.45, 2.75) is 5.66 Å². The standard InChI is InChI=1S/C15H15N5/c16-14-19-10-8-15(17,20-14)12-6-2-1-5-11(12)13-7-3-4-9-18-13/h1-10H,17H2,(H3,16,19,20). The quantitative estimate of drug-likeness (QED) is 0.763. The fourth-order valence-corrected chi connectivity index (χ4v) is 2.25. The smallest absolute Gasteiger partial charge is 0.195 e. The molecule has 0 aliphatic carbocycles. The van der Waals surface area contributed by atoms with Crippen molar-refractivity contribution in [3.63, 3.8) is 0 Å². The Balaban J connectivity index is 2.16. The molecule has 1 aromatic carbocycles. The molecule has 1 unspecified atom stereocenters. The number of hydrogen-bond donors (Lipinski definition) is 3. The molecule has 5 N–H and O–H groups in total. The van der Waals surface area contributed by atoms with Crippen LogP contribution in [0.2, 0.25) is 0 Å². The highest BCUT2D eigenvalue weighted by molar-refractivity contribution is 5.81. The van der Waals surface area contributed by atoms with E-state index in [1.807, 2.05) is 42.5 Å². The number of nitrogens with two attached hydrogens (primary N) is 2. The maximum Gasteiger partial charge on any atom is 0.195 e. The summed E-state index contributed by atoms with van der Waals surface area (Å²) in [4.78, 5) is 8.70. The first-order valence-corrected chi connectivity index (χ1v) is 6.28. The third-order valence-electron chi connectivity index (χ3n) is 3.17. The van der Waals surface area contributed by atoms with Crippen molar-refractivity contribution in [1.29, 1.82) is 0 Å². The first-order valence-electron chi connectivity index (χ1n) is 6.28. The first-order chi connectivity index (χ1) is 9.69. The van der Waals surface area contributed by atoms with Crippen molar-refractivity contribution in [2.75, 3.05) is 0 Å². The van der Waals surface area contributed by atoms with E-state index in [1.54, 1.807) is 18.5 Å². The molecule has 0 spiro atoms. The van der Waals surface area contributed by atoms with Crippen LogP contribution < -0.4 is 16.8 Å². The van der Waals surface area contributed by atoms with Crippen LogP contribution >= 0.6 is 0 Å². The number of aromatic nitrogens is 1. The van der Waals surface area contributed by atoms with E-state index in [0.29, 0.717) is 5.96 Å². The van der Waals surface area contributed by atoms with Gasteiger partial charge in [-0.1, -0.05) is 30.3 Å². The number of rotatable bonds is 2. The maximum atomic E-state index is 6.39. The number of nitrogens with zero attached hydrogens (tertiary/aromatic N) is 2. The molecule has 0 bridgehead atoms. The number of hydrogen-bond acceptors (Lipinski definition) is 5. The van der Waals surface area contributed by atoms with E-state index in [4.69, 9.17) is 11.5 Å². The topological polar surface area (TPSA) is 89.3 Å². The Kier molecular flexibility index (Phi) is 2.96. The molecular formula is C15H15N5. The van der Waals surface area contributed by atoms with E-state index in [1.165, 1.54) is 0 Å². The molecule has 3 rings (SSSR count). The Labute approximate surface area is 117 Å². The van der Waals surface area contributed by atoms with Gasteiger partial charge in [0.2, 0.25) is 0 Å². The minimum Gasteiger partial charge on any atom is -0.370 e. The summed E-state index contributed by atoms with van der Waals surface area (Å²) < 4.78 is 0. The molecule has 0 saturated carbocycles. The van der Waals surface area contributed by atoms with Gasteiger partial charge in [0.1, 0.15) is 0 Å². The zero-order valence-electron chi connectivity index (χ0n) is 10.8. The van der Waals surface area contributed by atoms with Crippen LogP contribution in [0.15, 0.2) is 65.9 Å². The third kappa shape index (κ3) is 2.15. The number of aliphatic imine (C=N–C) groups is 1. The summed E-state index contributed by atoms with van der Waals surface area (Å²) in [6.07, 6.45) is 5.24. The lowest BCUT2D eigenvalue weighted by atomic mass is 9.93. The number of benzene rings is 1. The molecule has 1 aliphatic heterocycles. The summed E-state index contributed by atoms with van der Waals surface area (Å²) in [5.74, 6) is 0.297. The van der Waals surface area contributed by atoms with Gasteiger partial charge in [-0.3, -0.25) is 10.7 Å². The minimum absolute atomic E-state index is 0.297. The van der Waals surface area contributed by atoms with Gasteiger partial charge in [0.15, 0.2) is 11.6 Å². The average Bonchev–Trinajstić information content (AvgIpc) is 2.48. The van der Waals surface area contributed by atoms with Gasteiger partial charge in [-0.2, -0.15) is 0 Å². The normalized spacial score (nSPS) is 21.1. The van der Waals surface area contributed by atoms with Crippen molar-refractivity contribution >= 4 is 5.96 Å². The second-order valence-electron chi connectivity index (χ2n) is 4.56. The Morgan fingerprint density at radius 1 is 1.05 bits per heavy atom. The molecule has 2 heterocycles. The predicted molar refractivity (Wildman–Crippen MR) is 79.4 cm³/mol. The zero-order valence-corrected chi connectivity index (χ0v) is 10.8.